The lowest BCUT2D eigenvalue weighted by Gasteiger charge is -2.26. The van der Waals surface area contributed by atoms with E-state index in [1.165, 1.54) is 0 Å². The van der Waals surface area contributed by atoms with Crippen LogP contribution < -0.4 is 4.90 Å². The predicted octanol–water partition coefficient (Wildman–Crippen LogP) is 3.03. The predicted molar refractivity (Wildman–Crippen MR) is 106 cm³/mol. The van der Waals surface area contributed by atoms with Crippen molar-refractivity contribution in [2.75, 3.05) is 24.6 Å². The number of amides is 2. The summed E-state index contributed by atoms with van der Waals surface area (Å²) < 4.78 is 5.75. The van der Waals surface area contributed by atoms with Crippen molar-refractivity contribution in [2.24, 2.45) is 0 Å². The monoisotopic (exact) mass is 379 g/mol. The molecule has 0 aliphatic carbocycles. The van der Waals surface area contributed by atoms with Gasteiger partial charge in [0.05, 0.1) is 6.10 Å². The molecule has 0 saturated carbocycles. The zero-order chi connectivity index (χ0) is 19.3. The van der Waals surface area contributed by atoms with Gasteiger partial charge < -0.3 is 14.5 Å². The standard InChI is InChI=1S/C22H25N3O3/c26-21-6-2-12-25(21)19-9-7-18(8-10-19)22(27)24(16-20-5-3-13-28-20)15-17-4-1-11-23-14-17/h1,4,7-11,14,20H,2-3,5-6,12-13,15-16H2. The molecular weight excluding hydrogens is 354 g/mol. The highest BCUT2D eigenvalue weighted by molar-refractivity contribution is 5.97. The Morgan fingerprint density at radius 1 is 1.21 bits per heavy atom. The summed E-state index contributed by atoms with van der Waals surface area (Å²) in [6.45, 7) is 2.58. The average Bonchev–Trinajstić information content (AvgIpc) is 3.39. The third-order valence-electron chi connectivity index (χ3n) is 5.33. The second-order valence-corrected chi connectivity index (χ2v) is 7.38. The van der Waals surface area contributed by atoms with E-state index in [4.69, 9.17) is 4.74 Å². The van der Waals surface area contributed by atoms with Crippen LogP contribution in [0.2, 0.25) is 0 Å². The van der Waals surface area contributed by atoms with Crippen molar-refractivity contribution in [3.63, 3.8) is 0 Å². The number of benzene rings is 1. The van der Waals surface area contributed by atoms with Crippen LogP contribution >= 0.6 is 0 Å². The summed E-state index contributed by atoms with van der Waals surface area (Å²) in [5.41, 5.74) is 2.47. The molecule has 2 amide bonds. The normalized spacial score (nSPS) is 19.2. The third kappa shape index (κ3) is 4.22. The first-order valence-electron chi connectivity index (χ1n) is 9.91. The molecule has 3 heterocycles. The highest BCUT2D eigenvalue weighted by Gasteiger charge is 2.25. The molecule has 6 nitrogen and oxygen atoms in total. The maximum Gasteiger partial charge on any atom is 0.254 e. The summed E-state index contributed by atoms with van der Waals surface area (Å²) in [6.07, 6.45) is 7.11. The van der Waals surface area contributed by atoms with Gasteiger partial charge in [-0.3, -0.25) is 14.6 Å². The number of hydrogen-bond donors (Lipinski definition) is 0. The van der Waals surface area contributed by atoms with Crippen molar-refractivity contribution >= 4 is 17.5 Å². The second kappa shape index (κ2) is 8.52. The lowest BCUT2D eigenvalue weighted by molar-refractivity contribution is -0.117. The number of rotatable bonds is 6. The van der Waals surface area contributed by atoms with Gasteiger partial charge in [-0.25, -0.2) is 0 Å². The van der Waals surface area contributed by atoms with E-state index in [9.17, 15) is 9.59 Å². The van der Waals surface area contributed by atoms with Crippen LogP contribution in [-0.4, -0.2) is 47.5 Å². The number of carbonyl (C=O) groups excluding carboxylic acids is 2. The van der Waals surface area contributed by atoms with Crippen molar-refractivity contribution in [1.29, 1.82) is 0 Å². The summed E-state index contributed by atoms with van der Waals surface area (Å²) >= 11 is 0. The number of anilines is 1. The van der Waals surface area contributed by atoms with Crippen LogP contribution in [0.5, 0.6) is 0 Å². The minimum absolute atomic E-state index is 0.0290. The minimum Gasteiger partial charge on any atom is -0.376 e. The molecule has 1 aromatic carbocycles. The van der Waals surface area contributed by atoms with E-state index < -0.39 is 0 Å². The van der Waals surface area contributed by atoms with Crippen molar-refractivity contribution in [1.82, 2.24) is 9.88 Å². The van der Waals surface area contributed by atoms with Gasteiger partial charge in [0.25, 0.3) is 5.91 Å². The Morgan fingerprint density at radius 3 is 2.71 bits per heavy atom. The summed E-state index contributed by atoms with van der Waals surface area (Å²) in [4.78, 5) is 32.9. The van der Waals surface area contributed by atoms with E-state index in [-0.39, 0.29) is 17.9 Å². The molecule has 1 atom stereocenters. The Kier molecular flexibility index (Phi) is 5.67. The first-order valence-corrected chi connectivity index (χ1v) is 9.91. The minimum atomic E-state index is -0.0290. The van der Waals surface area contributed by atoms with Gasteiger partial charge in [-0.1, -0.05) is 6.07 Å². The molecule has 146 valence electrons. The maximum atomic E-state index is 13.2. The second-order valence-electron chi connectivity index (χ2n) is 7.38. The van der Waals surface area contributed by atoms with Crippen LogP contribution in [0, 0.1) is 0 Å². The Labute approximate surface area is 165 Å². The summed E-state index contributed by atoms with van der Waals surface area (Å²) in [5, 5.41) is 0. The number of nitrogens with zero attached hydrogens (tertiary/aromatic N) is 3. The Bertz CT molecular complexity index is 817. The average molecular weight is 379 g/mol. The zero-order valence-electron chi connectivity index (χ0n) is 15.9. The van der Waals surface area contributed by atoms with Crippen LogP contribution in [-0.2, 0) is 16.1 Å². The molecule has 2 aromatic rings. The molecule has 0 spiro atoms. The Balaban J connectivity index is 1.51. The molecule has 28 heavy (non-hydrogen) atoms. The molecule has 6 heteroatoms. The summed E-state index contributed by atoms with van der Waals surface area (Å²) in [6, 6.07) is 11.2. The number of ether oxygens (including phenoxy) is 1. The molecule has 0 N–H and O–H groups in total. The van der Waals surface area contributed by atoms with Gasteiger partial charge in [-0.15, -0.1) is 0 Å². The molecule has 2 saturated heterocycles. The van der Waals surface area contributed by atoms with E-state index in [2.05, 4.69) is 4.98 Å². The van der Waals surface area contributed by atoms with Gasteiger partial charge >= 0.3 is 0 Å². The number of hydrogen-bond acceptors (Lipinski definition) is 4. The fourth-order valence-corrected chi connectivity index (χ4v) is 3.85. The van der Waals surface area contributed by atoms with Crippen LogP contribution in [0.25, 0.3) is 0 Å². The van der Waals surface area contributed by atoms with Crippen LogP contribution in [0.3, 0.4) is 0 Å². The Hall–Kier alpha value is -2.73. The molecule has 2 aliphatic rings. The summed E-state index contributed by atoms with van der Waals surface area (Å²) in [5.74, 6) is 0.120. The van der Waals surface area contributed by atoms with E-state index >= 15 is 0 Å². The van der Waals surface area contributed by atoms with Crippen molar-refractivity contribution in [3.8, 4) is 0 Å². The maximum absolute atomic E-state index is 13.2. The van der Waals surface area contributed by atoms with E-state index in [0.29, 0.717) is 25.1 Å². The van der Waals surface area contributed by atoms with Crippen molar-refractivity contribution in [2.45, 2.75) is 38.3 Å². The molecule has 2 aliphatic heterocycles. The first kappa shape index (κ1) is 18.6. The summed E-state index contributed by atoms with van der Waals surface area (Å²) in [7, 11) is 0. The van der Waals surface area contributed by atoms with Gasteiger partial charge in [-0.2, -0.15) is 0 Å². The van der Waals surface area contributed by atoms with Gasteiger partial charge in [0.1, 0.15) is 0 Å². The van der Waals surface area contributed by atoms with Crippen molar-refractivity contribution < 1.29 is 14.3 Å². The topological polar surface area (TPSA) is 62.7 Å². The van der Waals surface area contributed by atoms with Crippen LogP contribution in [0.4, 0.5) is 5.69 Å². The van der Waals surface area contributed by atoms with E-state index in [0.717, 1.165) is 43.7 Å². The van der Waals surface area contributed by atoms with Crippen LogP contribution in [0.1, 0.15) is 41.6 Å². The SMILES string of the molecule is O=C(c1ccc(N2CCCC2=O)cc1)N(Cc1cccnc1)CC1CCCO1. The number of pyridine rings is 1. The van der Waals surface area contributed by atoms with E-state index in [1.54, 1.807) is 17.3 Å². The van der Waals surface area contributed by atoms with Gasteiger partial charge in [0.15, 0.2) is 0 Å². The number of aromatic nitrogens is 1. The van der Waals surface area contributed by atoms with Crippen molar-refractivity contribution in [3.05, 3.63) is 59.9 Å². The highest BCUT2D eigenvalue weighted by Crippen LogP contribution is 2.23. The fraction of sp³-hybridized carbons (Fsp3) is 0.409. The molecule has 4 rings (SSSR count). The quantitative estimate of drug-likeness (QED) is 0.774. The molecular formula is C22H25N3O3. The smallest absolute Gasteiger partial charge is 0.254 e. The molecule has 1 aromatic heterocycles. The number of carbonyl (C=O) groups is 2. The lowest BCUT2D eigenvalue weighted by atomic mass is 10.1. The molecule has 0 radical (unpaired) electrons. The third-order valence-corrected chi connectivity index (χ3v) is 5.33. The lowest BCUT2D eigenvalue weighted by Crippen LogP contribution is -2.37. The fourth-order valence-electron chi connectivity index (χ4n) is 3.85. The molecule has 1 unspecified atom stereocenters. The first-order chi connectivity index (χ1) is 13.7. The largest absolute Gasteiger partial charge is 0.376 e. The molecule has 0 bridgehead atoms. The van der Waals surface area contributed by atoms with Crippen LogP contribution in [0.15, 0.2) is 48.8 Å². The molecule has 2 fully saturated rings. The van der Waals surface area contributed by atoms with Gasteiger partial charge in [-0.05, 0) is 55.2 Å². The van der Waals surface area contributed by atoms with E-state index in [1.807, 2.05) is 41.3 Å². The zero-order valence-corrected chi connectivity index (χ0v) is 15.9. The highest BCUT2D eigenvalue weighted by atomic mass is 16.5. The van der Waals surface area contributed by atoms with Gasteiger partial charge in [0.2, 0.25) is 5.91 Å². The Morgan fingerprint density at radius 2 is 2.07 bits per heavy atom. The van der Waals surface area contributed by atoms with Gasteiger partial charge in [0, 0.05) is 56.3 Å².